The van der Waals surface area contributed by atoms with Gasteiger partial charge >= 0.3 is 5.97 Å². The highest BCUT2D eigenvalue weighted by molar-refractivity contribution is 9.09. The number of carbonyl (C=O) groups excluding carboxylic acids is 3. The van der Waals surface area contributed by atoms with Crippen LogP contribution >= 0.6 is 15.9 Å². The minimum Gasteiger partial charge on any atom is -0.461 e. The Bertz CT molecular complexity index is 1060. The van der Waals surface area contributed by atoms with Crippen LogP contribution in [0.2, 0.25) is 0 Å². The maximum Gasteiger partial charge on any atom is 0.310 e. The lowest BCUT2D eigenvalue weighted by molar-refractivity contribution is -0.145. The number of anilines is 2. The molecule has 2 saturated carbocycles. The number of benzene rings is 2. The van der Waals surface area contributed by atoms with E-state index in [0.29, 0.717) is 11.3 Å². The lowest BCUT2D eigenvalue weighted by Crippen LogP contribution is -2.40. The molecule has 3 fully saturated rings. The average molecular weight is 483 g/mol. The van der Waals surface area contributed by atoms with Crippen molar-refractivity contribution in [3.63, 3.8) is 0 Å². The summed E-state index contributed by atoms with van der Waals surface area (Å²) >= 11 is 3.63. The van der Waals surface area contributed by atoms with Gasteiger partial charge < -0.3 is 15.4 Å². The lowest BCUT2D eigenvalue weighted by atomic mass is 9.79. The van der Waals surface area contributed by atoms with Crippen LogP contribution in [0.25, 0.3) is 0 Å². The van der Waals surface area contributed by atoms with Crippen LogP contribution in [0, 0.1) is 37.5 Å². The number of rotatable bonds is 4. The Hall–Kier alpha value is -2.67. The van der Waals surface area contributed by atoms with Gasteiger partial charge in [0.1, 0.15) is 6.10 Å². The van der Waals surface area contributed by atoms with Gasteiger partial charge in [0.15, 0.2) is 0 Å². The number of hydrogen-bond donors (Lipinski definition) is 2. The molecule has 0 radical (unpaired) electrons. The molecule has 2 aromatic carbocycles. The van der Waals surface area contributed by atoms with Crippen molar-refractivity contribution < 1.29 is 19.1 Å². The molecule has 2 aromatic rings. The molecule has 7 heteroatoms. The first kappa shape index (κ1) is 20.2. The first-order valence-corrected chi connectivity index (χ1v) is 11.4. The van der Waals surface area contributed by atoms with Gasteiger partial charge in [0.05, 0.1) is 16.7 Å². The number of carbonyl (C=O) groups is 3. The van der Waals surface area contributed by atoms with Gasteiger partial charge in [0, 0.05) is 22.9 Å². The monoisotopic (exact) mass is 482 g/mol. The standard InChI is InChI=1S/C24H23BrN2O4/c1-11-7-12(2)9-15(8-11)27-22(28)13-3-5-14(6-4-13)26-23(29)18-16-10-17-19(18)24(30)31-21(17)20(16)25/h3-9,16-21H,10H2,1-2H3,(H,26,29)(H,27,28)/t16-,17-,18-,19-,20-,21+/m1/s1. The highest BCUT2D eigenvalue weighted by atomic mass is 79.9. The van der Waals surface area contributed by atoms with E-state index in [1.165, 1.54) is 0 Å². The zero-order chi connectivity index (χ0) is 21.9. The molecule has 6 nitrogen and oxygen atoms in total. The smallest absolute Gasteiger partial charge is 0.310 e. The molecule has 0 spiro atoms. The molecule has 2 N–H and O–H groups in total. The zero-order valence-corrected chi connectivity index (χ0v) is 18.8. The van der Waals surface area contributed by atoms with Crippen LogP contribution in [0.15, 0.2) is 42.5 Å². The third-order valence-electron chi connectivity index (χ3n) is 6.72. The van der Waals surface area contributed by atoms with E-state index in [2.05, 4.69) is 26.6 Å². The van der Waals surface area contributed by atoms with Gasteiger partial charge in [-0.2, -0.15) is 0 Å². The van der Waals surface area contributed by atoms with Crippen LogP contribution in [-0.4, -0.2) is 28.7 Å². The molecule has 1 aliphatic heterocycles. The molecule has 0 unspecified atom stereocenters. The van der Waals surface area contributed by atoms with E-state index in [-0.39, 0.29) is 52.4 Å². The third kappa shape index (κ3) is 3.45. The number of halogens is 1. The predicted molar refractivity (Wildman–Crippen MR) is 120 cm³/mol. The highest BCUT2D eigenvalue weighted by Gasteiger charge is 2.67. The Labute approximate surface area is 188 Å². The van der Waals surface area contributed by atoms with Crippen molar-refractivity contribution >= 4 is 45.1 Å². The molecule has 2 aliphatic carbocycles. The van der Waals surface area contributed by atoms with E-state index in [9.17, 15) is 14.4 Å². The van der Waals surface area contributed by atoms with E-state index >= 15 is 0 Å². The second kappa shape index (κ2) is 7.48. The Kier molecular flexibility index (Phi) is 4.88. The Balaban J connectivity index is 1.26. The molecule has 160 valence electrons. The summed E-state index contributed by atoms with van der Waals surface area (Å²) in [6.45, 7) is 3.97. The fraction of sp³-hybridized carbons (Fsp3) is 0.375. The molecule has 2 amide bonds. The van der Waals surface area contributed by atoms with Crippen LogP contribution in [-0.2, 0) is 14.3 Å². The van der Waals surface area contributed by atoms with E-state index in [4.69, 9.17) is 4.74 Å². The number of fused-ring (bicyclic) bond motifs is 1. The maximum absolute atomic E-state index is 13.0. The molecule has 31 heavy (non-hydrogen) atoms. The Morgan fingerprint density at radius 2 is 1.65 bits per heavy atom. The minimum atomic E-state index is -0.381. The van der Waals surface area contributed by atoms with E-state index < -0.39 is 0 Å². The number of esters is 1. The van der Waals surface area contributed by atoms with Gasteiger partial charge in [-0.25, -0.2) is 0 Å². The fourth-order valence-corrected chi connectivity index (χ4v) is 6.56. The van der Waals surface area contributed by atoms with Gasteiger partial charge in [-0.3, -0.25) is 14.4 Å². The van der Waals surface area contributed by atoms with Crippen molar-refractivity contribution in [3.05, 3.63) is 59.2 Å². The molecule has 3 aliphatic rings. The number of aryl methyl sites for hydroxylation is 2. The van der Waals surface area contributed by atoms with Gasteiger partial charge in [0.25, 0.3) is 5.91 Å². The number of nitrogens with one attached hydrogen (secondary N) is 2. The summed E-state index contributed by atoms with van der Waals surface area (Å²) in [5.74, 6) is -1.11. The molecular weight excluding hydrogens is 460 g/mol. The van der Waals surface area contributed by atoms with Gasteiger partial charge in [0.2, 0.25) is 5.91 Å². The molecule has 6 atom stereocenters. The van der Waals surface area contributed by atoms with Crippen LogP contribution < -0.4 is 10.6 Å². The van der Waals surface area contributed by atoms with Crippen molar-refractivity contribution in [1.82, 2.24) is 0 Å². The van der Waals surface area contributed by atoms with E-state index in [0.717, 1.165) is 23.2 Å². The summed E-state index contributed by atoms with van der Waals surface area (Å²) in [5.41, 5.74) is 4.01. The molecule has 1 heterocycles. The summed E-state index contributed by atoms with van der Waals surface area (Å²) in [6.07, 6.45) is 0.744. The van der Waals surface area contributed by atoms with Crippen LogP contribution in [0.4, 0.5) is 11.4 Å². The normalized spacial score (nSPS) is 30.2. The zero-order valence-electron chi connectivity index (χ0n) is 17.2. The summed E-state index contributed by atoms with van der Waals surface area (Å²) in [6, 6.07) is 12.7. The summed E-state index contributed by atoms with van der Waals surface area (Å²) in [4.78, 5) is 37.8. The van der Waals surface area contributed by atoms with E-state index in [1.54, 1.807) is 24.3 Å². The van der Waals surface area contributed by atoms with Crippen LogP contribution in [0.5, 0.6) is 0 Å². The SMILES string of the molecule is Cc1cc(C)cc(NC(=O)c2ccc(NC(=O)[C@@H]3[C@H]4C[C@H]5[C@H](OC(=O)[C@H]53)[C@@H]4Br)cc2)c1. The first-order valence-electron chi connectivity index (χ1n) is 10.5. The number of alkyl halides is 1. The van der Waals surface area contributed by atoms with Crippen LogP contribution in [0.3, 0.4) is 0 Å². The number of ether oxygens (including phenoxy) is 1. The van der Waals surface area contributed by atoms with Crippen molar-refractivity contribution in [2.24, 2.45) is 23.7 Å². The summed E-state index contributed by atoms with van der Waals surface area (Å²) in [7, 11) is 0. The highest BCUT2D eigenvalue weighted by Crippen LogP contribution is 2.60. The molecule has 0 aromatic heterocycles. The fourth-order valence-electron chi connectivity index (χ4n) is 5.51. The first-order chi connectivity index (χ1) is 14.8. The Morgan fingerprint density at radius 1 is 0.968 bits per heavy atom. The Morgan fingerprint density at radius 3 is 2.32 bits per heavy atom. The van der Waals surface area contributed by atoms with Crippen molar-refractivity contribution in [2.45, 2.75) is 31.2 Å². The van der Waals surface area contributed by atoms with Crippen LogP contribution in [0.1, 0.15) is 27.9 Å². The number of amides is 2. The maximum atomic E-state index is 13.0. The minimum absolute atomic E-state index is 0.0345. The number of hydrogen-bond acceptors (Lipinski definition) is 4. The largest absolute Gasteiger partial charge is 0.461 e. The molecule has 5 rings (SSSR count). The van der Waals surface area contributed by atoms with Gasteiger partial charge in [-0.15, -0.1) is 0 Å². The van der Waals surface area contributed by atoms with Gasteiger partial charge in [-0.1, -0.05) is 22.0 Å². The van der Waals surface area contributed by atoms with Crippen molar-refractivity contribution in [3.8, 4) is 0 Å². The second-order valence-corrected chi connectivity index (χ2v) is 9.92. The topological polar surface area (TPSA) is 84.5 Å². The van der Waals surface area contributed by atoms with Crippen molar-refractivity contribution in [1.29, 1.82) is 0 Å². The predicted octanol–water partition coefficient (Wildman–Crippen LogP) is 4.07. The second-order valence-electron chi connectivity index (χ2n) is 8.86. The molecule has 2 bridgehead atoms. The van der Waals surface area contributed by atoms with Gasteiger partial charge in [-0.05, 0) is 73.7 Å². The summed E-state index contributed by atoms with van der Waals surface area (Å²) in [5, 5.41) is 5.83. The average Bonchev–Trinajstić information content (AvgIpc) is 3.32. The summed E-state index contributed by atoms with van der Waals surface area (Å²) < 4.78 is 5.48. The van der Waals surface area contributed by atoms with E-state index in [1.807, 2.05) is 32.0 Å². The quantitative estimate of drug-likeness (QED) is 0.508. The third-order valence-corrected chi connectivity index (χ3v) is 7.92. The lowest BCUT2D eigenvalue weighted by Gasteiger charge is -2.27. The molecular formula is C24H23BrN2O4. The molecule has 1 saturated heterocycles. The van der Waals surface area contributed by atoms with Crippen molar-refractivity contribution in [2.75, 3.05) is 10.6 Å².